The summed E-state index contributed by atoms with van der Waals surface area (Å²) in [6, 6.07) is 4.87. The Balaban J connectivity index is 2.23. The smallest absolute Gasteiger partial charge is 0.218 e. The molecule has 2 rings (SSSR count). The minimum absolute atomic E-state index is 0.0820. The van der Waals surface area contributed by atoms with Crippen molar-refractivity contribution in [3.63, 3.8) is 0 Å². The van der Waals surface area contributed by atoms with Gasteiger partial charge in [-0.25, -0.2) is 12.7 Å². The number of halogens is 2. The number of nitrogens with two attached hydrogens (primary N) is 1. The fraction of sp³-hybridized carbons (Fsp3) is 0.455. The first kappa shape index (κ1) is 14.1. The van der Waals surface area contributed by atoms with Crippen molar-refractivity contribution in [2.75, 3.05) is 13.1 Å². The molecule has 1 aliphatic rings. The van der Waals surface area contributed by atoms with Gasteiger partial charge < -0.3 is 5.73 Å². The summed E-state index contributed by atoms with van der Waals surface area (Å²) in [7, 11) is -3.41. The molecule has 1 aromatic carbocycles. The molecule has 0 spiro atoms. The maximum absolute atomic E-state index is 12.2. The second-order valence-electron chi connectivity index (χ2n) is 4.36. The molecule has 0 bridgehead atoms. The highest BCUT2D eigenvalue weighted by Gasteiger charge is 2.30. The third-order valence-electron chi connectivity index (χ3n) is 2.97. The Morgan fingerprint density at radius 3 is 2.44 bits per heavy atom. The molecule has 1 aromatic rings. The number of benzene rings is 1. The van der Waals surface area contributed by atoms with Gasteiger partial charge in [-0.1, -0.05) is 29.3 Å². The molecule has 100 valence electrons. The first-order valence-electron chi connectivity index (χ1n) is 5.56. The number of hydrogen-bond donors (Lipinski definition) is 1. The van der Waals surface area contributed by atoms with Crippen LogP contribution >= 0.6 is 23.2 Å². The molecule has 2 N–H and O–H groups in total. The van der Waals surface area contributed by atoms with Crippen LogP contribution in [0.25, 0.3) is 0 Å². The van der Waals surface area contributed by atoms with Crippen molar-refractivity contribution in [1.29, 1.82) is 0 Å². The van der Waals surface area contributed by atoms with Crippen LogP contribution in [0.4, 0.5) is 0 Å². The zero-order chi connectivity index (χ0) is 13.3. The van der Waals surface area contributed by atoms with Gasteiger partial charge >= 0.3 is 0 Å². The fourth-order valence-corrected chi connectivity index (χ4v) is 4.30. The molecule has 0 aromatic heterocycles. The molecule has 7 heteroatoms. The molecule has 0 radical (unpaired) electrons. The maximum Gasteiger partial charge on any atom is 0.218 e. The summed E-state index contributed by atoms with van der Waals surface area (Å²) in [6.07, 6.45) is 0.690. The standard InChI is InChI=1S/C11H14Cl2N2O2S/c12-10-2-1-3-11(13)9(10)7-18(16,17)15-5-4-8(14)6-15/h1-3,8H,4-7,14H2. The van der Waals surface area contributed by atoms with Crippen molar-refractivity contribution >= 4 is 33.2 Å². The summed E-state index contributed by atoms with van der Waals surface area (Å²) >= 11 is 12.0. The van der Waals surface area contributed by atoms with E-state index in [1.54, 1.807) is 18.2 Å². The SMILES string of the molecule is NC1CCN(S(=O)(=O)Cc2c(Cl)cccc2Cl)C1. The van der Waals surface area contributed by atoms with Crippen LogP contribution in [0.2, 0.25) is 10.0 Å². The average molecular weight is 309 g/mol. The third kappa shape index (κ3) is 2.97. The number of nitrogens with zero attached hydrogens (tertiary/aromatic N) is 1. The molecule has 1 unspecified atom stereocenters. The van der Waals surface area contributed by atoms with Gasteiger partial charge in [-0.15, -0.1) is 0 Å². The highest BCUT2D eigenvalue weighted by molar-refractivity contribution is 7.88. The van der Waals surface area contributed by atoms with Crippen LogP contribution in [0, 0.1) is 0 Å². The molecule has 18 heavy (non-hydrogen) atoms. The van der Waals surface area contributed by atoms with E-state index in [0.717, 1.165) is 0 Å². The Hall–Kier alpha value is -0.330. The minimum Gasteiger partial charge on any atom is -0.326 e. The minimum atomic E-state index is -3.41. The zero-order valence-electron chi connectivity index (χ0n) is 9.64. The van der Waals surface area contributed by atoms with Crippen LogP contribution in [-0.2, 0) is 15.8 Å². The van der Waals surface area contributed by atoms with Crippen molar-refractivity contribution in [3.05, 3.63) is 33.8 Å². The Morgan fingerprint density at radius 2 is 1.94 bits per heavy atom. The third-order valence-corrected chi connectivity index (χ3v) is 5.45. The van der Waals surface area contributed by atoms with Crippen LogP contribution < -0.4 is 5.73 Å². The number of sulfonamides is 1. The molecule has 4 nitrogen and oxygen atoms in total. The van der Waals surface area contributed by atoms with Crippen molar-refractivity contribution in [1.82, 2.24) is 4.31 Å². The Bertz CT molecular complexity index is 528. The molecule has 0 saturated carbocycles. The fourth-order valence-electron chi connectivity index (χ4n) is 1.95. The van der Waals surface area contributed by atoms with E-state index in [2.05, 4.69) is 0 Å². The van der Waals surface area contributed by atoms with Crippen LogP contribution in [0.5, 0.6) is 0 Å². The van der Waals surface area contributed by atoms with Gasteiger partial charge in [0.15, 0.2) is 0 Å². The van der Waals surface area contributed by atoms with E-state index < -0.39 is 10.0 Å². The first-order valence-corrected chi connectivity index (χ1v) is 7.93. The molecule has 1 saturated heterocycles. The van der Waals surface area contributed by atoms with Gasteiger partial charge in [0.2, 0.25) is 10.0 Å². The van der Waals surface area contributed by atoms with Gasteiger partial charge in [0, 0.05) is 34.7 Å². The van der Waals surface area contributed by atoms with Crippen LogP contribution in [0.1, 0.15) is 12.0 Å². The topological polar surface area (TPSA) is 63.4 Å². The normalized spacial score (nSPS) is 21.4. The van der Waals surface area contributed by atoms with Gasteiger partial charge in [0.05, 0.1) is 5.75 Å². The molecule has 1 aliphatic heterocycles. The van der Waals surface area contributed by atoms with Crippen LogP contribution in [-0.4, -0.2) is 31.9 Å². The summed E-state index contributed by atoms with van der Waals surface area (Å²) in [6.45, 7) is 0.829. The Labute approximate surface area is 117 Å². The van der Waals surface area contributed by atoms with Crippen LogP contribution in [0.15, 0.2) is 18.2 Å². The molecule has 1 atom stereocenters. The summed E-state index contributed by atoms with van der Waals surface area (Å²) in [5.41, 5.74) is 6.16. The Kier molecular flexibility index (Phi) is 4.18. The quantitative estimate of drug-likeness (QED) is 0.927. The van der Waals surface area contributed by atoms with Crippen LogP contribution in [0.3, 0.4) is 0 Å². The van der Waals surface area contributed by atoms with Gasteiger partial charge in [-0.2, -0.15) is 0 Å². The molecule has 0 aliphatic carbocycles. The van der Waals surface area contributed by atoms with E-state index in [-0.39, 0.29) is 11.8 Å². The molecular weight excluding hydrogens is 295 g/mol. The van der Waals surface area contributed by atoms with Crippen molar-refractivity contribution in [2.45, 2.75) is 18.2 Å². The summed E-state index contributed by atoms with van der Waals surface area (Å²) in [5.74, 6) is -0.182. The lowest BCUT2D eigenvalue weighted by molar-refractivity contribution is 0.471. The van der Waals surface area contributed by atoms with E-state index in [9.17, 15) is 8.42 Å². The lowest BCUT2D eigenvalue weighted by Gasteiger charge is -2.17. The summed E-state index contributed by atoms with van der Waals surface area (Å²) < 4.78 is 25.8. The Morgan fingerprint density at radius 1 is 1.33 bits per heavy atom. The highest BCUT2D eigenvalue weighted by Crippen LogP contribution is 2.28. The molecular formula is C11H14Cl2N2O2S. The lowest BCUT2D eigenvalue weighted by atomic mass is 10.2. The summed E-state index contributed by atoms with van der Waals surface area (Å²) in [5, 5.41) is 0.740. The number of hydrogen-bond acceptors (Lipinski definition) is 3. The van der Waals surface area contributed by atoms with Gasteiger partial charge in [-0.05, 0) is 18.6 Å². The second kappa shape index (κ2) is 5.35. The number of rotatable bonds is 3. The van der Waals surface area contributed by atoms with Crippen molar-refractivity contribution < 1.29 is 8.42 Å². The zero-order valence-corrected chi connectivity index (χ0v) is 12.0. The lowest BCUT2D eigenvalue weighted by Crippen LogP contribution is -2.32. The van der Waals surface area contributed by atoms with Gasteiger partial charge in [0.1, 0.15) is 0 Å². The predicted molar refractivity (Wildman–Crippen MR) is 73.3 cm³/mol. The first-order chi connectivity index (χ1) is 8.40. The predicted octanol–water partition coefficient (Wildman–Crippen LogP) is 1.86. The second-order valence-corrected chi connectivity index (χ2v) is 7.15. The van der Waals surface area contributed by atoms with E-state index >= 15 is 0 Å². The van der Waals surface area contributed by atoms with E-state index in [1.807, 2.05) is 0 Å². The molecule has 0 amide bonds. The molecule has 1 fully saturated rings. The highest BCUT2D eigenvalue weighted by atomic mass is 35.5. The van der Waals surface area contributed by atoms with E-state index in [0.29, 0.717) is 35.1 Å². The average Bonchev–Trinajstić information content (AvgIpc) is 2.71. The monoisotopic (exact) mass is 308 g/mol. The van der Waals surface area contributed by atoms with E-state index in [1.165, 1.54) is 4.31 Å². The largest absolute Gasteiger partial charge is 0.326 e. The van der Waals surface area contributed by atoms with Crippen molar-refractivity contribution in [3.8, 4) is 0 Å². The van der Waals surface area contributed by atoms with E-state index in [4.69, 9.17) is 28.9 Å². The van der Waals surface area contributed by atoms with Gasteiger partial charge in [0.25, 0.3) is 0 Å². The van der Waals surface area contributed by atoms with Gasteiger partial charge in [-0.3, -0.25) is 0 Å². The summed E-state index contributed by atoms with van der Waals surface area (Å²) in [4.78, 5) is 0. The maximum atomic E-state index is 12.2. The van der Waals surface area contributed by atoms with Crippen molar-refractivity contribution in [2.24, 2.45) is 5.73 Å². The molecule has 1 heterocycles.